The average Bonchev–Trinajstić information content (AvgIpc) is 2.82. The summed E-state index contributed by atoms with van der Waals surface area (Å²) in [5.74, 6) is 0.950. The quantitative estimate of drug-likeness (QED) is 0.890. The fraction of sp³-hybridized carbons (Fsp3) is 0.600. The first kappa shape index (κ1) is 11.8. The van der Waals surface area contributed by atoms with Crippen molar-refractivity contribution in [3.05, 3.63) is 23.8 Å². The zero-order chi connectivity index (χ0) is 12.4. The molecule has 1 fully saturated rings. The van der Waals surface area contributed by atoms with E-state index in [2.05, 4.69) is 30.4 Å². The van der Waals surface area contributed by atoms with Crippen molar-refractivity contribution in [3.63, 3.8) is 0 Å². The summed E-state index contributed by atoms with van der Waals surface area (Å²) in [7, 11) is 0. The lowest BCUT2D eigenvalue weighted by Crippen LogP contribution is -2.18. The maximum atomic E-state index is 5.84. The monoisotopic (exact) mass is 247 g/mol. The minimum atomic E-state index is 0.268. The number of benzene rings is 1. The fourth-order valence-electron chi connectivity index (χ4n) is 2.73. The van der Waals surface area contributed by atoms with Gasteiger partial charge in [-0.3, -0.25) is 0 Å². The second-order valence-corrected chi connectivity index (χ2v) is 5.31. The van der Waals surface area contributed by atoms with Crippen molar-refractivity contribution >= 4 is 5.69 Å². The molecule has 2 aliphatic heterocycles. The van der Waals surface area contributed by atoms with Crippen LogP contribution >= 0.6 is 0 Å². The summed E-state index contributed by atoms with van der Waals surface area (Å²) in [6.07, 6.45) is 5.32. The molecule has 18 heavy (non-hydrogen) atoms. The van der Waals surface area contributed by atoms with Gasteiger partial charge in [-0.15, -0.1) is 0 Å². The number of anilines is 1. The van der Waals surface area contributed by atoms with E-state index in [4.69, 9.17) is 9.47 Å². The van der Waals surface area contributed by atoms with E-state index in [1.54, 1.807) is 0 Å². The van der Waals surface area contributed by atoms with Crippen LogP contribution in [0.15, 0.2) is 18.2 Å². The molecule has 2 heterocycles. The Bertz CT molecular complexity index is 419. The van der Waals surface area contributed by atoms with E-state index in [-0.39, 0.29) is 6.10 Å². The highest BCUT2D eigenvalue weighted by molar-refractivity contribution is 5.56. The van der Waals surface area contributed by atoms with Crippen LogP contribution < -0.4 is 10.1 Å². The van der Waals surface area contributed by atoms with Crippen molar-refractivity contribution < 1.29 is 9.47 Å². The molecule has 1 aromatic carbocycles. The molecule has 2 atom stereocenters. The highest BCUT2D eigenvalue weighted by Crippen LogP contribution is 2.27. The summed E-state index contributed by atoms with van der Waals surface area (Å²) in [5, 5.41) is 3.43. The lowest BCUT2D eigenvalue weighted by Gasteiger charge is -2.19. The Hall–Kier alpha value is -1.22. The van der Waals surface area contributed by atoms with Gasteiger partial charge < -0.3 is 14.8 Å². The van der Waals surface area contributed by atoms with Crippen LogP contribution in [0.1, 0.15) is 31.7 Å². The predicted molar refractivity (Wildman–Crippen MR) is 72.3 cm³/mol. The van der Waals surface area contributed by atoms with E-state index in [1.807, 2.05) is 0 Å². The van der Waals surface area contributed by atoms with E-state index in [0.717, 1.165) is 25.1 Å². The Labute approximate surface area is 108 Å². The molecule has 0 aromatic heterocycles. The Kier molecular flexibility index (Phi) is 3.41. The van der Waals surface area contributed by atoms with Gasteiger partial charge in [-0.05, 0) is 44.2 Å². The molecule has 0 bridgehead atoms. The topological polar surface area (TPSA) is 30.5 Å². The van der Waals surface area contributed by atoms with E-state index < -0.39 is 0 Å². The molecule has 3 nitrogen and oxygen atoms in total. The molecular weight excluding hydrogens is 226 g/mol. The van der Waals surface area contributed by atoms with Crippen molar-refractivity contribution in [2.24, 2.45) is 0 Å². The van der Waals surface area contributed by atoms with Crippen LogP contribution in [-0.2, 0) is 11.2 Å². The molecule has 0 spiro atoms. The van der Waals surface area contributed by atoms with E-state index in [0.29, 0.717) is 12.7 Å². The zero-order valence-electron chi connectivity index (χ0n) is 10.9. The molecule has 1 saturated heterocycles. The third-order valence-corrected chi connectivity index (χ3v) is 3.78. The summed E-state index contributed by atoms with van der Waals surface area (Å²) in [5.41, 5.74) is 2.64. The number of nitrogens with one attached hydrogen (secondary N) is 1. The molecule has 2 aliphatic rings. The standard InChI is InChI=1S/C15H21NO2/c1-11-4-6-14(18-11)10-17-13-7-5-12-3-2-8-16-15(12)9-13/h5,7,9,11,14,16H,2-4,6,8,10H2,1H3. The minimum absolute atomic E-state index is 0.268. The number of rotatable bonds is 3. The Morgan fingerprint density at radius 3 is 3.17 bits per heavy atom. The number of ether oxygens (including phenoxy) is 2. The molecule has 3 rings (SSSR count). The molecular formula is C15H21NO2. The predicted octanol–water partition coefficient (Wildman–Crippen LogP) is 2.99. The minimum Gasteiger partial charge on any atom is -0.491 e. The lowest BCUT2D eigenvalue weighted by atomic mass is 10.0. The Morgan fingerprint density at radius 2 is 2.33 bits per heavy atom. The number of fused-ring (bicyclic) bond motifs is 1. The molecule has 1 aromatic rings. The maximum absolute atomic E-state index is 5.84. The number of aryl methyl sites for hydroxylation is 1. The number of hydrogen-bond donors (Lipinski definition) is 1. The molecule has 0 aliphatic carbocycles. The van der Waals surface area contributed by atoms with Gasteiger partial charge in [-0.1, -0.05) is 6.07 Å². The number of hydrogen-bond acceptors (Lipinski definition) is 3. The van der Waals surface area contributed by atoms with Gasteiger partial charge in [-0.25, -0.2) is 0 Å². The first-order chi connectivity index (χ1) is 8.81. The van der Waals surface area contributed by atoms with E-state index >= 15 is 0 Å². The summed E-state index contributed by atoms with van der Waals surface area (Å²) in [6, 6.07) is 6.37. The smallest absolute Gasteiger partial charge is 0.121 e. The van der Waals surface area contributed by atoms with Gasteiger partial charge in [0.25, 0.3) is 0 Å². The van der Waals surface area contributed by atoms with Crippen LogP contribution in [0, 0.1) is 0 Å². The van der Waals surface area contributed by atoms with Gasteiger partial charge in [0, 0.05) is 18.3 Å². The summed E-state index contributed by atoms with van der Waals surface area (Å²) < 4.78 is 11.6. The average molecular weight is 247 g/mol. The normalized spacial score (nSPS) is 26.5. The molecule has 0 radical (unpaired) electrons. The zero-order valence-corrected chi connectivity index (χ0v) is 10.9. The third kappa shape index (κ3) is 2.61. The van der Waals surface area contributed by atoms with Gasteiger partial charge in [-0.2, -0.15) is 0 Å². The van der Waals surface area contributed by atoms with Crippen LogP contribution in [0.3, 0.4) is 0 Å². The van der Waals surface area contributed by atoms with Gasteiger partial charge in [0.15, 0.2) is 0 Å². The van der Waals surface area contributed by atoms with Gasteiger partial charge >= 0.3 is 0 Å². The van der Waals surface area contributed by atoms with Crippen LogP contribution in [0.4, 0.5) is 5.69 Å². The molecule has 3 heteroatoms. The second kappa shape index (κ2) is 5.19. The van der Waals surface area contributed by atoms with Gasteiger partial charge in [0.05, 0.1) is 12.2 Å². The first-order valence-corrected chi connectivity index (χ1v) is 6.96. The van der Waals surface area contributed by atoms with Crippen LogP contribution in [0.5, 0.6) is 5.75 Å². The molecule has 0 saturated carbocycles. The van der Waals surface area contributed by atoms with Crippen molar-refractivity contribution in [3.8, 4) is 5.75 Å². The van der Waals surface area contributed by atoms with Crippen LogP contribution in [0.25, 0.3) is 0 Å². The summed E-state index contributed by atoms with van der Waals surface area (Å²) >= 11 is 0. The van der Waals surface area contributed by atoms with Crippen LogP contribution in [-0.4, -0.2) is 25.4 Å². The highest BCUT2D eigenvalue weighted by atomic mass is 16.5. The van der Waals surface area contributed by atoms with Crippen molar-refractivity contribution in [1.82, 2.24) is 0 Å². The summed E-state index contributed by atoms with van der Waals surface area (Å²) in [6.45, 7) is 3.87. The SMILES string of the molecule is CC1CCC(COc2ccc3c(c2)NCCC3)O1. The third-order valence-electron chi connectivity index (χ3n) is 3.78. The molecule has 0 amide bonds. The van der Waals surface area contributed by atoms with E-state index in [9.17, 15) is 0 Å². The van der Waals surface area contributed by atoms with Crippen molar-refractivity contribution in [2.45, 2.75) is 44.8 Å². The first-order valence-electron chi connectivity index (χ1n) is 6.96. The molecule has 98 valence electrons. The highest BCUT2D eigenvalue weighted by Gasteiger charge is 2.22. The van der Waals surface area contributed by atoms with E-state index in [1.165, 1.54) is 24.1 Å². The fourth-order valence-corrected chi connectivity index (χ4v) is 2.73. The Morgan fingerprint density at radius 1 is 1.39 bits per heavy atom. The van der Waals surface area contributed by atoms with Crippen molar-refractivity contribution in [2.75, 3.05) is 18.5 Å². The molecule has 2 unspecified atom stereocenters. The maximum Gasteiger partial charge on any atom is 0.121 e. The van der Waals surface area contributed by atoms with Crippen molar-refractivity contribution in [1.29, 1.82) is 0 Å². The van der Waals surface area contributed by atoms with Crippen LogP contribution in [0.2, 0.25) is 0 Å². The van der Waals surface area contributed by atoms with Gasteiger partial charge in [0.2, 0.25) is 0 Å². The molecule has 1 N–H and O–H groups in total. The Balaban J connectivity index is 1.59. The largest absolute Gasteiger partial charge is 0.491 e. The lowest BCUT2D eigenvalue weighted by molar-refractivity contribution is 0.0265. The second-order valence-electron chi connectivity index (χ2n) is 5.31. The summed E-state index contributed by atoms with van der Waals surface area (Å²) in [4.78, 5) is 0. The van der Waals surface area contributed by atoms with Gasteiger partial charge in [0.1, 0.15) is 12.4 Å².